The molecular formula is C21H29N3O2. The Kier molecular flexibility index (Phi) is 6.83. The number of amides is 2. The van der Waals surface area contributed by atoms with E-state index in [1.807, 2.05) is 23.1 Å². The highest BCUT2D eigenvalue weighted by atomic mass is 16.2. The first-order valence-electron chi connectivity index (χ1n) is 9.72. The number of benzene rings is 1. The molecule has 140 valence electrons. The van der Waals surface area contributed by atoms with Crippen LogP contribution in [-0.2, 0) is 9.59 Å². The van der Waals surface area contributed by atoms with Gasteiger partial charge in [0.1, 0.15) is 0 Å². The van der Waals surface area contributed by atoms with E-state index in [1.54, 1.807) is 0 Å². The maximum Gasteiger partial charge on any atom is 0.223 e. The average molecular weight is 355 g/mol. The number of piperazine rings is 1. The predicted molar refractivity (Wildman–Crippen MR) is 103 cm³/mol. The fraction of sp³-hybridized carbons (Fsp3) is 0.524. The van der Waals surface area contributed by atoms with Crippen LogP contribution in [0.15, 0.2) is 36.4 Å². The van der Waals surface area contributed by atoms with Crippen molar-refractivity contribution in [2.45, 2.75) is 25.7 Å². The van der Waals surface area contributed by atoms with Gasteiger partial charge in [-0.25, -0.2) is 0 Å². The molecule has 0 atom stereocenters. The van der Waals surface area contributed by atoms with Gasteiger partial charge in [0.2, 0.25) is 11.8 Å². The van der Waals surface area contributed by atoms with Crippen molar-refractivity contribution < 1.29 is 9.59 Å². The van der Waals surface area contributed by atoms with E-state index in [0.717, 1.165) is 52.0 Å². The Morgan fingerprint density at radius 1 is 1.08 bits per heavy atom. The molecule has 1 N–H and O–H groups in total. The van der Waals surface area contributed by atoms with Gasteiger partial charge in [0.15, 0.2) is 0 Å². The number of carbonyl (C=O) groups is 2. The molecule has 0 spiro atoms. The minimum absolute atomic E-state index is 0.162. The topological polar surface area (TPSA) is 52.7 Å². The average Bonchev–Trinajstić information content (AvgIpc) is 3.52. The van der Waals surface area contributed by atoms with Crippen LogP contribution in [-0.4, -0.2) is 60.9 Å². The van der Waals surface area contributed by atoms with Crippen molar-refractivity contribution in [3.05, 3.63) is 42.0 Å². The number of rotatable bonds is 8. The van der Waals surface area contributed by atoms with Crippen molar-refractivity contribution in [3.63, 3.8) is 0 Å². The quantitative estimate of drug-likeness (QED) is 0.727. The van der Waals surface area contributed by atoms with Gasteiger partial charge in [-0.2, -0.15) is 0 Å². The summed E-state index contributed by atoms with van der Waals surface area (Å²) in [5.41, 5.74) is 1.22. The molecule has 2 amide bonds. The molecule has 0 radical (unpaired) electrons. The number of nitrogens with zero attached hydrogens (tertiary/aromatic N) is 2. The van der Waals surface area contributed by atoms with Crippen molar-refractivity contribution in [1.29, 1.82) is 0 Å². The van der Waals surface area contributed by atoms with Crippen LogP contribution in [0.2, 0.25) is 0 Å². The molecule has 1 aliphatic heterocycles. The van der Waals surface area contributed by atoms with Gasteiger partial charge in [-0.3, -0.25) is 14.5 Å². The van der Waals surface area contributed by atoms with Crippen molar-refractivity contribution in [3.8, 4) is 0 Å². The third-order valence-electron chi connectivity index (χ3n) is 5.01. The van der Waals surface area contributed by atoms with Gasteiger partial charge >= 0.3 is 0 Å². The third-order valence-corrected chi connectivity index (χ3v) is 5.01. The van der Waals surface area contributed by atoms with Gasteiger partial charge in [0.05, 0.1) is 0 Å². The molecule has 1 aromatic rings. The summed E-state index contributed by atoms with van der Waals surface area (Å²) in [5.74, 6) is 0.620. The second-order valence-electron chi connectivity index (χ2n) is 7.16. The molecule has 5 heteroatoms. The van der Waals surface area contributed by atoms with Crippen LogP contribution in [0.25, 0.3) is 6.08 Å². The number of carbonyl (C=O) groups excluding carboxylic acids is 2. The van der Waals surface area contributed by atoms with E-state index in [2.05, 4.69) is 34.5 Å². The van der Waals surface area contributed by atoms with Gasteiger partial charge in [0, 0.05) is 51.6 Å². The summed E-state index contributed by atoms with van der Waals surface area (Å²) in [6.07, 6.45) is 7.64. The fourth-order valence-electron chi connectivity index (χ4n) is 3.18. The van der Waals surface area contributed by atoms with Crippen LogP contribution in [0.3, 0.4) is 0 Å². The fourth-order valence-corrected chi connectivity index (χ4v) is 3.18. The van der Waals surface area contributed by atoms with E-state index in [4.69, 9.17) is 0 Å². The van der Waals surface area contributed by atoms with E-state index >= 15 is 0 Å². The van der Waals surface area contributed by atoms with Gasteiger partial charge in [-0.1, -0.05) is 42.5 Å². The number of hydrogen-bond donors (Lipinski definition) is 1. The zero-order valence-corrected chi connectivity index (χ0v) is 15.4. The maximum atomic E-state index is 12.3. The lowest BCUT2D eigenvalue weighted by molar-refractivity contribution is -0.133. The first kappa shape index (κ1) is 18.6. The summed E-state index contributed by atoms with van der Waals surface area (Å²) in [6, 6.07) is 10.3. The molecule has 3 rings (SSSR count). The minimum atomic E-state index is 0.162. The lowest BCUT2D eigenvalue weighted by atomic mass is 10.2. The molecule has 0 aromatic heterocycles. The molecule has 0 unspecified atom stereocenters. The Hall–Kier alpha value is -2.14. The third kappa shape index (κ3) is 5.99. The molecule has 2 fully saturated rings. The molecule has 1 saturated carbocycles. The van der Waals surface area contributed by atoms with Gasteiger partial charge in [-0.15, -0.1) is 0 Å². The Bertz CT molecular complexity index is 617. The number of hydrogen-bond acceptors (Lipinski definition) is 3. The van der Waals surface area contributed by atoms with Gasteiger partial charge < -0.3 is 10.2 Å². The summed E-state index contributed by atoms with van der Waals surface area (Å²) in [6.45, 7) is 4.97. The SMILES string of the molecule is O=C(NCCCC(=O)N1CCN(C/C=C/c2ccccc2)CC1)C1CC1. The first-order chi connectivity index (χ1) is 12.7. The van der Waals surface area contributed by atoms with Crippen molar-refractivity contribution in [2.75, 3.05) is 39.3 Å². The normalized spacial score (nSPS) is 18.2. The summed E-state index contributed by atoms with van der Waals surface area (Å²) in [5, 5.41) is 2.92. The van der Waals surface area contributed by atoms with E-state index < -0.39 is 0 Å². The van der Waals surface area contributed by atoms with Crippen LogP contribution < -0.4 is 5.32 Å². The van der Waals surface area contributed by atoms with E-state index in [9.17, 15) is 9.59 Å². The van der Waals surface area contributed by atoms with Gasteiger partial charge in [-0.05, 0) is 24.8 Å². The second-order valence-corrected chi connectivity index (χ2v) is 7.16. The highest BCUT2D eigenvalue weighted by Gasteiger charge is 2.29. The molecule has 1 aliphatic carbocycles. The van der Waals surface area contributed by atoms with Crippen LogP contribution >= 0.6 is 0 Å². The summed E-state index contributed by atoms with van der Waals surface area (Å²) >= 11 is 0. The second kappa shape index (κ2) is 9.53. The highest BCUT2D eigenvalue weighted by Crippen LogP contribution is 2.28. The molecule has 2 aliphatic rings. The predicted octanol–water partition coefficient (Wildman–Crippen LogP) is 2.15. The molecule has 26 heavy (non-hydrogen) atoms. The largest absolute Gasteiger partial charge is 0.356 e. The van der Waals surface area contributed by atoms with Crippen molar-refractivity contribution >= 4 is 17.9 Å². The van der Waals surface area contributed by atoms with Crippen LogP contribution in [0.5, 0.6) is 0 Å². The van der Waals surface area contributed by atoms with Crippen molar-refractivity contribution in [2.24, 2.45) is 5.92 Å². The molecule has 5 nitrogen and oxygen atoms in total. The summed E-state index contributed by atoms with van der Waals surface area (Å²) < 4.78 is 0. The smallest absolute Gasteiger partial charge is 0.223 e. The number of nitrogens with one attached hydrogen (secondary N) is 1. The molecular weight excluding hydrogens is 326 g/mol. The Balaban J connectivity index is 1.28. The Morgan fingerprint density at radius 3 is 2.50 bits per heavy atom. The van der Waals surface area contributed by atoms with E-state index in [-0.39, 0.29) is 17.7 Å². The molecule has 1 saturated heterocycles. The standard InChI is InChI=1S/C21H29N3O2/c25-20(9-4-12-22-21(26)19-10-11-19)24-16-14-23(15-17-24)13-5-8-18-6-2-1-3-7-18/h1-3,5-8,19H,4,9-17H2,(H,22,26)/b8-5+. The van der Waals surface area contributed by atoms with E-state index in [1.165, 1.54) is 5.56 Å². The zero-order valence-electron chi connectivity index (χ0n) is 15.4. The molecule has 0 bridgehead atoms. The summed E-state index contributed by atoms with van der Waals surface area (Å²) in [7, 11) is 0. The van der Waals surface area contributed by atoms with E-state index in [0.29, 0.717) is 13.0 Å². The molecule has 1 heterocycles. The monoisotopic (exact) mass is 355 g/mol. The zero-order chi connectivity index (χ0) is 18.2. The maximum absolute atomic E-state index is 12.3. The summed E-state index contributed by atoms with van der Waals surface area (Å²) in [4.78, 5) is 28.2. The lowest BCUT2D eigenvalue weighted by Crippen LogP contribution is -2.48. The molecule has 1 aromatic carbocycles. The van der Waals surface area contributed by atoms with Crippen LogP contribution in [0, 0.1) is 5.92 Å². The van der Waals surface area contributed by atoms with Gasteiger partial charge in [0.25, 0.3) is 0 Å². The van der Waals surface area contributed by atoms with Crippen molar-refractivity contribution in [1.82, 2.24) is 15.1 Å². The Labute approximate surface area is 156 Å². The first-order valence-corrected chi connectivity index (χ1v) is 9.72. The Morgan fingerprint density at radius 2 is 1.81 bits per heavy atom. The van der Waals surface area contributed by atoms with Crippen LogP contribution in [0.4, 0.5) is 0 Å². The minimum Gasteiger partial charge on any atom is -0.356 e. The highest BCUT2D eigenvalue weighted by molar-refractivity contribution is 5.81. The van der Waals surface area contributed by atoms with Crippen LogP contribution in [0.1, 0.15) is 31.2 Å². The lowest BCUT2D eigenvalue weighted by Gasteiger charge is -2.34.